The highest BCUT2D eigenvalue weighted by molar-refractivity contribution is 7.92. The summed E-state index contributed by atoms with van der Waals surface area (Å²) >= 11 is 0. The number of hydrazine groups is 1. The summed E-state index contributed by atoms with van der Waals surface area (Å²) in [4.78, 5) is 10.3. The molecule has 0 aliphatic heterocycles. The van der Waals surface area contributed by atoms with Crippen LogP contribution in [0.2, 0.25) is 0 Å². The minimum atomic E-state index is -3.70. The number of anilines is 2. The van der Waals surface area contributed by atoms with Crippen LogP contribution in [0.5, 0.6) is 0 Å². The molecule has 0 spiro atoms. The standard InChI is InChI=1S/C8H10N6O2S/c9-13-7-5-6(1-2-10-7)17(15,16)14-8-11-3-4-12-8/h1-5H,9H2,(H,10,13)(H2,11,12,14). The van der Waals surface area contributed by atoms with E-state index in [1.807, 2.05) is 0 Å². The van der Waals surface area contributed by atoms with E-state index in [4.69, 9.17) is 5.84 Å². The molecule has 0 atom stereocenters. The summed E-state index contributed by atoms with van der Waals surface area (Å²) in [6, 6.07) is 2.66. The summed E-state index contributed by atoms with van der Waals surface area (Å²) in [6.45, 7) is 0. The predicted molar refractivity (Wildman–Crippen MR) is 61.4 cm³/mol. The van der Waals surface area contributed by atoms with Crippen LogP contribution in [0, 0.1) is 0 Å². The van der Waals surface area contributed by atoms with Crippen LogP contribution in [0.15, 0.2) is 35.6 Å². The molecule has 2 aromatic heterocycles. The number of nitrogens with two attached hydrogens (primary N) is 1. The Bertz CT molecular complexity index is 594. The Morgan fingerprint density at radius 1 is 1.29 bits per heavy atom. The van der Waals surface area contributed by atoms with Crippen molar-refractivity contribution < 1.29 is 8.42 Å². The van der Waals surface area contributed by atoms with Crippen molar-refractivity contribution >= 4 is 21.8 Å². The molecular formula is C8H10N6O2S. The molecule has 0 fully saturated rings. The molecule has 0 saturated heterocycles. The van der Waals surface area contributed by atoms with Gasteiger partial charge in [-0.05, 0) is 6.07 Å². The molecule has 17 heavy (non-hydrogen) atoms. The lowest BCUT2D eigenvalue weighted by Gasteiger charge is -2.06. The van der Waals surface area contributed by atoms with Gasteiger partial charge in [0.2, 0.25) is 5.95 Å². The fraction of sp³-hybridized carbons (Fsp3) is 0. The van der Waals surface area contributed by atoms with Crippen molar-refractivity contribution in [1.82, 2.24) is 15.0 Å². The Labute approximate surface area is 97.3 Å². The fourth-order valence-electron chi connectivity index (χ4n) is 1.16. The second-order valence-electron chi connectivity index (χ2n) is 3.06. The van der Waals surface area contributed by atoms with Gasteiger partial charge in [-0.25, -0.2) is 29.0 Å². The van der Waals surface area contributed by atoms with Gasteiger partial charge in [-0.2, -0.15) is 0 Å². The van der Waals surface area contributed by atoms with Gasteiger partial charge in [0.15, 0.2) is 0 Å². The number of nitrogen functional groups attached to an aromatic ring is 1. The highest BCUT2D eigenvalue weighted by Gasteiger charge is 2.15. The zero-order valence-corrected chi connectivity index (χ0v) is 9.40. The number of nitrogens with one attached hydrogen (secondary N) is 3. The Kier molecular flexibility index (Phi) is 2.93. The summed E-state index contributed by atoms with van der Waals surface area (Å²) in [5, 5.41) is 0. The van der Waals surface area contributed by atoms with E-state index in [0.717, 1.165) is 0 Å². The molecule has 0 aliphatic rings. The molecule has 0 aromatic carbocycles. The van der Waals surface area contributed by atoms with Crippen molar-refractivity contribution in [1.29, 1.82) is 0 Å². The summed E-state index contributed by atoms with van der Waals surface area (Å²) in [5.74, 6) is 5.55. The zero-order valence-electron chi connectivity index (χ0n) is 8.58. The molecule has 0 saturated carbocycles. The van der Waals surface area contributed by atoms with Crippen molar-refractivity contribution in [2.45, 2.75) is 4.90 Å². The molecule has 0 bridgehead atoms. The van der Waals surface area contributed by atoms with Gasteiger partial charge in [0.25, 0.3) is 10.0 Å². The fourth-order valence-corrected chi connectivity index (χ4v) is 2.16. The van der Waals surface area contributed by atoms with Crippen LogP contribution in [0.4, 0.5) is 11.8 Å². The summed E-state index contributed by atoms with van der Waals surface area (Å²) in [6.07, 6.45) is 4.29. The molecule has 2 rings (SSSR count). The Hall–Kier alpha value is -2.13. The third-order valence-corrected chi connectivity index (χ3v) is 3.26. The van der Waals surface area contributed by atoms with Gasteiger partial charge < -0.3 is 10.4 Å². The molecule has 2 heterocycles. The molecule has 90 valence electrons. The van der Waals surface area contributed by atoms with E-state index in [0.29, 0.717) is 0 Å². The predicted octanol–water partition coefficient (Wildman–Crippen LogP) is -0.109. The first kappa shape index (κ1) is 11.4. The number of H-pyrrole nitrogens is 1. The highest BCUT2D eigenvalue weighted by Crippen LogP contribution is 2.14. The van der Waals surface area contributed by atoms with E-state index >= 15 is 0 Å². The van der Waals surface area contributed by atoms with E-state index in [-0.39, 0.29) is 16.7 Å². The third kappa shape index (κ3) is 2.52. The molecular weight excluding hydrogens is 244 g/mol. The number of sulfonamides is 1. The van der Waals surface area contributed by atoms with E-state index in [1.54, 1.807) is 0 Å². The van der Waals surface area contributed by atoms with Crippen molar-refractivity contribution in [3.8, 4) is 0 Å². The average molecular weight is 254 g/mol. The zero-order chi connectivity index (χ0) is 12.3. The van der Waals surface area contributed by atoms with Gasteiger partial charge >= 0.3 is 0 Å². The summed E-state index contributed by atoms with van der Waals surface area (Å²) in [5.41, 5.74) is 2.27. The molecule has 0 aliphatic carbocycles. The first-order valence-corrected chi connectivity index (χ1v) is 6.05. The van der Waals surface area contributed by atoms with Crippen LogP contribution >= 0.6 is 0 Å². The second-order valence-corrected chi connectivity index (χ2v) is 4.75. The van der Waals surface area contributed by atoms with E-state index in [2.05, 4.69) is 25.1 Å². The van der Waals surface area contributed by atoms with Gasteiger partial charge in [0, 0.05) is 24.7 Å². The minimum absolute atomic E-state index is 0.0388. The largest absolute Gasteiger partial charge is 0.330 e. The maximum atomic E-state index is 11.9. The number of aromatic nitrogens is 3. The van der Waals surface area contributed by atoms with Crippen molar-refractivity contribution in [3.63, 3.8) is 0 Å². The molecule has 0 radical (unpaired) electrons. The second kappa shape index (κ2) is 4.39. The van der Waals surface area contributed by atoms with E-state index in [1.165, 1.54) is 30.7 Å². The number of rotatable bonds is 4. The van der Waals surface area contributed by atoms with Gasteiger partial charge in [0.1, 0.15) is 5.82 Å². The first-order valence-electron chi connectivity index (χ1n) is 4.57. The van der Waals surface area contributed by atoms with Gasteiger partial charge in [-0.3, -0.25) is 0 Å². The number of nitrogens with zero attached hydrogens (tertiary/aromatic N) is 2. The number of hydrogen-bond donors (Lipinski definition) is 4. The minimum Gasteiger partial charge on any atom is -0.330 e. The average Bonchev–Trinajstić information content (AvgIpc) is 2.81. The summed E-state index contributed by atoms with van der Waals surface area (Å²) < 4.78 is 26.1. The lowest BCUT2D eigenvalue weighted by atomic mass is 10.5. The van der Waals surface area contributed by atoms with E-state index < -0.39 is 10.0 Å². The summed E-state index contributed by atoms with van der Waals surface area (Å²) in [7, 11) is -3.70. The van der Waals surface area contributed by atoms with Crippen molar-refractivity contribution in [2.24, 2.45) is 5.84 Å². The lowest BCUT2D eigenvalue weighted by molar-refractivity contribution is 0.600. The molecule has 8 nitrogen and oxygen atoms in total. The van der Waals surface area contributed by atoms with Crippen LogP contribution in [0.1, 0.15) is 0 Å². The Morgan fingerprint density at radius 3 is 2.76 bits per heavy atom. The van der Waals surface area contributed by atoms with Crippen LogP contribution in [0.3, 0.4) is 0 Å². The van der Waals surface area contributed by atoms with Gasteiger partial charge in [-0.15, -0.1) is 0 Å². The molecule has 5 N–H and O–H groups in total. The van der Waals surface area contributed by atoms with Crippen LogP contribution < -0.4 is 16.0 Å². The quantitative estimate of drug-likeness (QED) is 0.445. The number of aromatic amines is 1. The monoisotopic (exact) mass is 254 g/mol. The highest BCUT2D eigenvalue weighted by atomic mass is 32.2. The van der Waals surface area contributed by atoms with Crippen LogP contribution in [0.25, 0.3) is 0 Å². The topological polar surface area (TPSA) is 126 Å². The normalized spacial score (nSPS) is 11.1. The first-order chi connectivity index (χ1) is 8.12. The van der Waals surface area contributed by atoms with Crippen LogP contribution in [-0.2, 0) is 10.0 Å². The van der Waals surface area contributed by atoms with Crippen molar-refractivity contribution in [2.75, 3.05) is 10.1 Å². The SMILES string of the molecule is NNc1cc(S(=O)(=O)Nc2ncc[nH]2)ccn1. The maximum Gasteiger partial charge on any atom is 0.264 e. The smallest absolute Gasteiger partial charge is 0.264 e. The van der Waals surface area contributed by atoms with Crippen LogP contribution in [-0.4, -0.2) is 23.4 Å². The third-order valence-electron chi connectivity index (χ3n) is 1.92. The van der Waals surface area contributed by atoms with Gasteiger partial charge in [-0.1, -0.05) is 0 Å². The number of pyridine rings is 1. The molecule has 2 aromatic rings. The van der Waals surface area contributed by atoms with E-state index in [9.17, 15) is 8.42 Å². The Morgan fingerprint density at radius 2 is 2.12 bits per heavy atom. The molecule has 9 heteroatoms. The molecule has 0 amide bonds. The Balaban J connectivity index is 2.31. The molecule has 0 unspecified atom stereocenters. The maximum absolute atomic E-state index is 11.9. The number of hydrogen-bond acceptors (Lipinski definition) is 6. The van der Waals surface area contributed by atoms with Crippen molar-refractivity contribution in [3.05, 3.63) is 30.7 Å². The number of imidazole rings is 1. The van der Waals surface area contributed by atoms with Gasteiger partial charge in [0.05, 0.1) is 4.90 Å². The lowest BCUT2D eigenvalue weighted by Crippen LogP contribution is -2.15.